The molecule has 4 rings (SSSR count). The summed E-state index contributed by atoms with van der Waals surface area (Å²) in [6.07, 6.45) is 0.898. The highest BCUT2D eigenvalue weighted by Gasteiger charge is 2.25. The van der Waals surface area contributed by atoms with Gasteiger partial charge in [-0.3, -0.25) is 14.2 Å². The van der Waals surface area contributed by atoms with Gasteiger partial charge < -0.3 is 20.2 Å². The summed E-state index contributed by atoms with van der Waals surface area (Å²) < 4.78 is 6.82. The first kappa shape index (κ1) is 15.8. The van der Waals surface area contributed by atoms with Crippen molar-refractivity contribution < 1.29 is 14.3 Å². The highest BCUT2D eigenvalue weighted by Crippen LogP contribution is 2.23. The Morgan fingerprint density at radius 3 is 3.04 bits per heavy atom. The molecule has 8 heteroatoms. The molecule has 1 saturated heterocycles. The lowest BCUT2D eigenvalue weighted by atomic mass is 10.1. The number of para-hydroxylation sites is 1. The monoisotopic (exact) mass is 342 g/mol. The van der Waals surface area contributed by atoms with Crippen molar-refractivity contribution >= 4 is 28.0 Å². The quantitative estimate of drug-likeness (QED) is 0.608. The van der Waals surface area contributed by atoms with Crippen molar-refractivity contribution in [2.45, 2.75) is 12.6 Å². The van der Waals surface area contributed by atoms with Gasteiger partial charge >= 0.3 is 0 Å². The molecule has 2 atom stereocenters. The summed E-state index contributed by atoms with van der Waals surface area (Å²) in [7, 11) is 0. The van der Waals surface area contributed by atoms with Gasteiger partial charge in [0.2, 0.25) is 11.5 Å². The summed E-state index contributed by atoms with van der Waals surface area (Å²) in [5.74, 6) is -0.324. The Kier molecular flexibility index (Phi) is 3.98. The molecule has 3 heterocycles. The normalized spacial score (nSPS) is 20.4. The zero-order valence-corrected chi connectivity index (χ0v) is 13.4. The number of nitrogens with one attached hydrogen (secondary N) is 2. The van der Waals surface area contributed by atoms with Crippen LogP contribution in [0.4, 0.5) is 0 Å². The van der Waals surface area contributed by atoms with Crippen molar-refractivity contribution in [3.63, 3.8) is 0 Å². The van der Waals surface area contributed by atoms with E-state index in [9.17, 15) is 14.7 Å². The molecule has 0 aliphatic carbocycles. The minimum atomic E-state index is -0.461. The number of furan rings is 1. The summed E-state index contributed by atoms with van der Waals surface area (Å²) in [6.45, 7) is 1.41. The minimum absolute atomic E-state index is 0.0170. The maximum absolute atomic E-state index is 12.5. The van der Waals surface area contributed by atoms with Crippen LogP contribution in [0, 0.1) is 5.92 Å². The fourth-order valence-corrected chi connectivity index (χ4v) is 3.11. The van der Waals surface area contributed by atoms with E-state index in [4.69, 9.17) is 4.42 Å². The molecular weight excluding hydrogens is 324 g/mol. The summed E-state index contributed by atoms with van der Waals surface area (Å²) in [5.41, 5.74) is 0.843. The van der Waals surface area contributed by atoms with Crippen LogP contribution in [-0.2, 0) is 11.3 Å². The van der Waals surface area contributed by atoms with E-state index in [-0.39, 0.29) is 29.5 Å². The van der Waals surface area contributed by atoms with E-state index in [0.29, 0.717) is 30.7 Å². The Hall–Kier alpha value is -2.71. The van der Waals surface area contributed by atoms with Crippen LogP contribution < -0.4 is 16.2 Å². The first-order chi connectivity index (χ1) is 12.1. The molecule has 1 aliphatic heterocycles. The summed E-state index contributed by atoms with van der Waals surface area (Å²) in [5, 5.41) is 16.3. The third kappa shape index (κ3) is 2.90. The van der Waals surface area contributed by atoms with Crippen molar-refractivity contribution in [2.75, 3.05) is 19.6 Å². The van der Waals surface area contributed by atoms with Gasteiger partial charge in [0.05, 0.1) is 12.4 Å². The van der Waals surface area contributed by atoms with E-state index in [1.807, 2.05) is 18.2 Å². The van der Waals surface area contributed by atoms with Gasteiger partial charge in [0.15, 0.2) is 0 Å². The van der Waals surface area contributed by atoms with Crippen LogP contribution in [0.1, 0.15) is 0 Å². The lowest BCUT2D eigenvalue weighted by Crippen LogP contribution is -2.37. The minimum Gasteiger partial charge on any atom is -0.448 e. The van der Waals surface area contributed by atoms with Crippen LogP contribution in [-0.4, -0.2) is 46.3 Å². The number of amides is 1. The summed E-state index contributed by atoms with van der Waals surface area (Å²) in [6, 6.07) is 7.29. The van der Waals surface area contributed by atoms with Gasteiger partial charge in [-0.2, -0.15) is 0 Å². The van der Waals surface area contributed by atoms with E-state index in [1.165, 1.54) is 10.9 Å². The molecule has 8 nitrogen and oxygen atoms in total. The van der Waals surface area contributed by atoms with Crippen LogP contribution >= 0.6 is 0 Å². The smallest absolute Gasteiger partial charge is 0.297 e. The molecular formula is C17H18N4O4. The summed E-state index contributed by atoms with van der Waals surface area (Å²) >= 11 is 0. The molecule has 1 aliphatic rings. The van der Waals surface area contributed by atoms with Crippen LogP contribution in [0.15, 0.2) is 39.8 Å². The zero-order chi connectivity index (χ0) is 17.4. The van der Waals surface area contributed by atoms with Gasteiger partial charge in [-0.05, 0) is 12.1 Å². The molecule has 0 radical (unpaired) electrons. The highest BCUT2D eigenvalue weighted by molar-refractivity contribution is 6.01. The molecule has 3 aromatic rings. The number of aliphatic hydroxyl groups excluding tert-OH is 1. The lowest BCUT2D eigenvalue weighted by molar-refractivity contribution is -0.122. The Labute approximate surface area is 142 Å². The number of nitrogens with zero attached hydrogens (tertiary/aromatic N) is 2. The van der Waals surface area contributed by atoms with Crippen molar-refractivity contribution in [2.24, 2.45) is 5.92 Å². The Balaban J connectivity index is 1.53. The second-order valence-electron chi connectivity index (χ2n) is 6.24. The second-order valence-corrected chi connectivity index (χ2v) is 6.24. The van der Waals surface area contributed by atoms with Crippen LogP contribution in [0.3, 0.4) is 0 Å². The second kappa shape index (κ2) is 6.30. The number of benzene rings is 1. The number of carbonyl (C=O) groups excluding carboxylic acids is 1. The standard InChI is InChI=1S/C17H18N4O4/c22-12-7-18-5-10(12)6-19-14(23)8-21-9-20-15-11-3-1-2-4-13(11)25-16(15)17(21)24/h1-4,9-10,12,18,22H,5-8H2,(H,19,23). The van der Waals surface area contributed by atoms with E-state index in [1.54, 1.807) is 6.07 Å². The first-order valence-corrected chi connectivity index (χ1v) is 8.15. The SMILES string of the molecule is O=C(Cn1cnc2c(oc3ccccc32)c1=O)NCC1CNCC1O. The molecule has 1 amide bonds. The molecule has 130 valence electrons. The number of fused-ring (bicyclic) bond motifs is 3. The molecule has 3 N–H and O–H groups in total. The zero-order valence-electron chi connectivity index (χ0n) is 13.4. The molecule has 0 saturated carbocycles. The highest BCUT2D eigenvalue weighted by atomic mass is 16.3. The number of hydrogen-bond acceptors (Lipinski definition) is 6. The van der Waals surface area contributed by atoms with Crippen LogP contribution in [0.5, 0.6) is 0 Å². The largest absolute Gasteiger partial charge is 0.448 e. The van der Waals surface area contributed by atoms with Crippen molar-refractivity contribution in [3.05, 3.63) is 40.9 Å². The summed E-state index contributed by atoms with van der Waals surface area (Å²) in [4.78, 5) is 28.9. The number of aromatic nitrogens is 2. The predicted molar refractivity (Wildman–Crippen MR) is 91.2 cm³/mol. The predicted octanol–water partition coefficient (Wildman–Crippen LogP) is -0.161. The number of aliphatic hydroxyl groups is 1. The van der Waals surface area contributed by atoms with Crippen molar-refractivity contribution in [3.8, 4) is 0 Å². The Morgan fingerprint density at radius 2 is 2.24 bits per heavy atom. The van der Waals surface area contributed by atoms with E-state index >= 15 is 0 Å². The van der Waals surface area contributed by atoms with Gasteiger partial charge in [-0.1, -0.05) is 12.1 Å². The number of β-amino-alcohol motifs (C(OH)–C–C–N with tert-alkyl or cyclic N) is 1. The molecule has 2 aromatic heterocycles. The van der Waals surface area contributed by atoms with E-state index in [2.05, 4.69) is 15.6 Å². The average Bonchev–Trinajstić information content (AvgIpc) is 3.19. The van der Waals surface area contributed by atoms with E-state index in [0.717, 1.165) is 5.39 Å². The molecule has 0 spiro atoms. The maximum Gasteiger partial charge on any atom is 0.297 e. The Bertz CT molecular complexity index is 993. The number of carbonyl (C=O) groups is 1. The van der Waals surface area contributed by atoms with E-state index < -0.39 is 6.10 Å². The van der Waals surface area contributed by atoms with Gasteiger partial charge in [0, 0.05) is 30.9 Å². The number of hydrogen-bond donors (Lipinski definition) is 3. The third-order valence-corrected chi connectivity index (χ3v) is 4.53. The fourth-order valence-electron chi connectivity index (χ4n) is 3.11. The third-order valence-electron chi connectivity index (χ3n) is 4.53. The van der Waals surface area contributed by atoms with Crippen molar-refractivity contribution in [1.82, 2.24) is 20.2 Å². The molecule has 1 aromatic carbocycles. The maximum atomic E-state index is 12.5. The fraction of sp³-hybridized carbons (Fsp3) is 0.353. The molecule has 2 unspecified atom stereocenters. The van der Waals surface area contributed by atoms with Gasteiger partial charge in [-0.25, -0.2) is 4.98 Å². The van der Waals surface area contributed by atoms with Gasteiger partial charge in [0.1, 0.15) is 17.6 Å². The van der Waals surface area contributed by atoms with Gasteiger partial charge in [0.25, 0.3) is 5.56 Å². The van der Waals surface area contributed by atoms with Crippen LogP contribution in [0.2, 0.25) is 0 Å². The Morgan fingerprint density at radius 1 is 1.40 bits per heavy atom. The first-order valence-electron chi connectivity index (χ1n) is 8.15. The molecule has 0 bridgehead atoms. The van der Waals surface area contributed by atoms with Gasteiger partial charge in [-0.15, -0.1) is 0 Å². The average molecular weight is 342 g/mol. The number of rotatable bonds is 4. The molecule has 1 fully saturated rings. The molecule has 25 heavy (non-hydrogen) atoms. The van der Waals surface area contributed by atoms with Crippen LogP contribution in [0.25, 0.3) is 22.1 Å². The topological polar surface area (TPSA) is 109 Å². The van der Waals surface area contributed by atoms with Crippen molar-refractivity contribution in [1.29, 1.82) is 0 Å². The lowest BCUT2D eigenvalue weighted by Gasteiger charge is -2.14.